The molecule has 0 aliphatic carbocycles. The van der Waals surface area contributed by atoms with E-state index < -0.39 is 27.3 Å². The molecule has 0 atom stereocenters. The number of nitrogens with zero attached hydrogens (tertiary/aromatic N) is 2. The van der Waals surface area contributed by atoms with E-state index >= 15 is 0 Å². The van der Waals surface area contributed by atoms with Crippen molar-refractivity contribution in [2.45, 2.75) is 0 Å². The highest BCUT2D eigenvalue weighted by Gasteiger charge is 2.20. The second-order valence-electron chi connectivity index (χ2n) is 6.05. The lowest BCUT2D eigenvalue weighted by molar-refractivity contribution is 0.0977. The third kappa shape index (κ3) is 4.87. The number of ether oxygens (including phenoxy) is 1. The van der Waals surface area contributed by atoms with Crippen LogP contribution >= 0.6 is 23.2 Å². The number of nitrogens with one attached hydrogen (secondary N) is 1. The van der Waals surface area contributed by atoms with Crippen LogP contribution in [0.15, 0.2) is 42.6 Å². The minimum atomic E-state index is -3.86. The Hall–Kier alpha value is -2.62. The topological polar surface area (TPSA) is 90.3 Å². The van der Waals surface area contributed by atoms with Crippen molar-refractivity contribution in [2.24, 2.45) is 7.05 Å². The van der Waals surface area contributed by atoms with Gasteiger partial charge in [0.2, 0.25) is 10.0 Å². The zero-order valence-electron chi connectivity index (χ0n) is 15.1. The molecule has 0 radical (unpaired) electrons. The first-order valence-corrected chi connectivity index (χ1v) is 10.7. The Bertz CT molecular complexity index is 1210. The minimum Gasteiger partial charge on any atom is -0.455 e. The second-order valence-corrected chi connectivity index (χ2v) is 8.64. The molecular formula is C18H14Cl2FN3O4S. The molecule has 0 spiro atoms. The fourth-order valence-electron chi connectivity index (χ4n) is 2.55. The Kier molecular flexibility index (Phi) is 5.83. The maximum Gasteiger partial charge on any atom is 0.267 e. The third-order valence-electron chi connectivity index (χ3n) is 3.80. The molecule has 1 N–H and O–H groups in total. The number of carbonyl (C=O) groups is 1. The van der Waals surface area contributed by atoms with Crippen molar-refractivity contribution in [3.63, 3.8) is 0 Å². The van der Waals surface area contributed by atoms with E-state index in [-0.39, 0.29) is 10.8 Å². The predicted octanol–water partition coefficient (Wildman–Crippen LogP) is 4.01. The largest absolute Gasteiger partial charge is 0.455 e. The van der Waals surface area contributed by atoms with Gasteiger partial charge in [0.1, 0.15) is 17.3 Å². The second kappa shape index (κ2) is 8.02. The molecule has 0 aliphatic rings. The SMILES string of the molecule is Cn1nccc1-c1cc(Cl)ccc1Oc1cc(F)c(C(=O)NS(C)(=O)=O)cc1Cl. The number of sulfonamides is 1. The summed E-state index contributed by atoms with van der Waals surface area (Å²) in [6.45, 7) is 0. The van der Waals surface area contributed by atoms with Crippen molar-refractivity contribution >= 4 is 39.1 Å². The predicted molar refractivity (Wildman–Crippen MR) is 107 cm³/mol. The van der Waals surface area contributed by atoms with Crippen LogP contribution < -0.4 is 9.46 Å². The average Bonchev–Trinajstić information content (AvgIpc) is 3.03. The van der Waals surface area contributed by atoms with E-state index in [9.17, 15) is 17.6 Å². The summed E-state index contributed by atoms with van der Waals surface area (Å²) in [6, 6.07) is 8.48. The summed E-state index contributed by atoms with van der Waals surface area (Å²) >= 11 is 12.2. The van der Waals surface area contributed by atoms with Gasteiger partial charge >= 0.3 is 0 Å². The first kappa shape index (κ1) is 21.1. The van der Waals surface area contributed by atoms with Crippen LogP contribution in [0, 0.1) is 5.82 Å². The summed E-state index contributed by atoms with van der Waals surface area (Å²) in [7, 11) is -2.12. The molecule has 0 bridgehead atoms. The van der Waals surface area contributed by atoms with E-state index in [1.165, 1.54) is 0 Å². The van der Waals surface area contributed by atoms with Crippen LogP contribution in [0.4, 0.5) is 4.39 Å². The van der Waals surface area contributed by atoms with Gasteiger partial charge in [-0.3, -0.25) is 9.48 Å². The third-order valence-corrected chi connectivity index (χ3v) is 4.89. The summed E-state index contributed by atoms with van der Waals surface area (Å²) < 4.78 is 45.9. The van der Waals surface area contributed by atoms with Gasteiger partial charge in [-0.15, -0.1) is 0 Å². The maximum absolute atomic E-state index is 14.4. The number of carbonyl (C=O) groups excluding carboxylic acids is 1. The number of aryl methyl sites for hydroxylation is 1. The van der Waals surface area contributed by atoms with Gasteiger partial charge < -0.3 is 4.74 Å². The lowest BCUT2D eigenvalue weighted by Gasteiger charge is -2.14. The van der Waals surface area contributed by atoms with Crippen LogP contribution in [0.2, 0.25) is 10.0 Å². The Morgan fingerprint density at radius 2 is 1.90 bits per heavy atom. The Morgan fingerprint density at radius 1 is 1.17 bits per heavy atom. The average molecular weight is 458 g/mol. The number of hydrogen-bond acceptors (Lipinski definition) is 5. The molecule has 0 aliphatic heterocycles. The zero-order chi connectivity index (χ0) is 21.3. The molecule has 3 rings (SSSR count). The van der Waals surface area contributed by atoms with Crippen molar-refractivity contribution in [3.05, 3.63) is 64.0 Å². The summed E-state index contributed by atoms with van der Waals surface area (Å²) in [5.41, 5.74) is 0.756. The monoisotopic (exact) mass is 457 g/mol. The standard InChI is InChI=1S/C18H14Cl2FN3O4S/c1-24-15(5-6-22-24)12-7-10(19)3-4-16(12)28-17-9-14(21)11(8-13(17)20)18(25)23-29(2,26)27/h3-9H,1-2H3,(H,23,25). The molecule has 11 heteroatoms. The Labute approximate surface area is 176 Å². The smallest absolute Gasteiger partial charge is 0.267 e. The molecule has 0 fully saturated rings. The van der Waals surface area contributed by atoms with E-state index in [2.05, 4.69) is 5.10 Å². The molecule has 2 aromatic carbocycles. The van der Waals surface area contributed by atoms with Crippen LogP contribution in [-0.2, 0) is 17.1 Å². The van der Waals surface area contributed by atoms with E-state index in [0.29, 0.717) is 22.0 Å². The van der Waals surface area contributed by atoms with E-state index in [1.807, 2.05) is 0 Å². The van der Waals surface area contributed by atoms with Gasteiger partial charge in [0.15, 0.2) is 0 Å². The first-order valence-electron chi connectivity index (χ1n) is 8.02. The number of rotatable bonds is 5. The molecule has 1 aromatic heterocycles. The van der Waals surface area contributed by atoms with Crippen LogP contribution in [0.3, 0.4) is 0 Å². The van der Waals surface area contributed by atoms with Gasteiger partial charge in [-0.1, -0.05) is 23.2 Å². The lowest BCUT2D eigenvalue weighted by Crippen LogP contribution is -2.30. The number of hydrogen-bond donors (Lipinski definition) is 1. The van der Waals surface area contributed by atoms with Crippen molar-refractivity contribution in [1.29, 1.82) is 0 Å². The van der Waals surface area contributed by atoms with Gasteiger partial charge in [-0.05, 0) is 30.3 Å². The Balaban J connectivity index is 1.99. The van der Waals surface area contributed by atoms with Gasteiger partial charge in [0.25, 0.3) is 5.91 Å². The molecule has 29 heavy (non-hydrogen) atoms. The number of halogens is 3. The number of benzene rings is 2. The van der Waals surface area contributed by atoms with Gasteiger partial charge in [-0.2, -0.15) is 5.10 Å². The highest BCUT2D eigenvalue weighted by Crippen LogP contribution is 2.38. The highest BCUT2D eigenvalue weighted by molar-refractivity contribution is 7.89. The quantitative estimate of drug-likeness (QED) is 0.624. The van der Waals surface area contributed by atoms with Crippen LogP contribution in [0.25, 0.3) is 11.3 Å². The minimum absolute atomic E-state index is 0.0641. The van der Waals surface area contributed by atoms with Crippen molar-refractivity contribution in [1.82, 2.24) is 14.5 Å². The lowest BCUT2D eigenvalue weighted by atomic mass is 10.1. The zero-order valence-corrected chi connectivity index (χ0v) is 17.4. The van der Waals surface area contributed by atoms with Crippen LogP contribution in [-0.4, -0.2) is 30.4 Å². The summed E-state index contributed by atoms with van der Waals surface area (Å²) in [5.74, 6) is -1.87. The Morgan fingerprint density at radius 3 is 2.52 bits per heavy atom. The molecule has 0 saturated carbocycles. The van der Waals surface area contributed by atoms with E-state index in [1.54, 1.807) is 46.9 Å². The molecule has 7 nitrogen and oxygen atoms in total. The molecule has 1 amide bonds. The summed E-state index contributed by atoms with van der Waals surface area (Å²) in [4.78, 5) is 11.9. The van der Waals surface area contributed by atoms with Gasteiger partial charge in [0.05, 0.1) is 22.5 Å². The van der Waals surface area contributed by atoms with E-state index in [4.69, 9.17) is 27.9 Å². The van der Waals surface area contributed by atoms with Crippen molar-refractivity contribution < 1.29 is 22.3 Å². The van der Waals surface area contributed by atoms with E-state index in [0.717, 1.165) is 18.4 Å². The van der Waals surface area contributed by atoms with Gasteiger partial charge in [-0.25, -0.2) is 17.5 Å². The summed E-state index contributed by atoms with van der Waals surface area (Å²) in [6.07, 6.45) is 2.38. The molecule has 1 heterocycles. The number of amides is 1. The fourth-order valence-corrected chi connectivity index (χ4v) is 3.37. The van der Waals surface area contributed by atoms with Crippen molar-refractivity contribution in [3.8, 4) is 22.8 Å². The highest BCUT2D eigenvalue weighted by atomic mass is 35.5. The molecular weight excluding hydrogens is 444 g/mol. The molecule has 152 valence electrons. The first-order chi connectivity index (χ1) is 13.5. The number of aromatic nitrogens is 2. The van der Waals surface area contributed by atoms with Gasteiger partial charge in [0, 0.05) is 29.9 Å². The molecule has 0 unspecified atom stereocenters. The summed E-state index contributed by atoms with van der Waals surface area (Å²) in [5, 5.41) is 4.47. The fraction of sp³-hybridized carbons (Fsp3) is 0.111. The maximum atomic E-state index is 14.4. The molecule has 0 saturated heterocycles. The normalized spacial score (nSPS) is 11.3. The molecule has 3 aromatic rings. The van der Waals surface area contributed by atoms with Crippen LogP contribution in [0.1, 0.15) is 10.4 Å². The van der Waals surface area contributed by atoms with Crippen molar-refractivity contribution in [2.75, 3.05) is 6.26 Å². The van der Waals surface area contributed by atoms with Crippen LogP contribution in [0.5, 0.6) is 11.5 Å².